The smallest absolute Gasteiger partial charge is 0.261 e. The van der Waals surface area contributed by atoms with Crippen LogP contribution < -0.4 is 5.32 Å². The Kier molecular flexibility index (Phi) is 3.54. The molecule has 1 unspecified atom stereocenters. The molecule has 3 nitrogen and oxygen atoms in total. The summed E-state index contributed by atoms with van der Waals surface area (Å²) < 4.78 is 0. The Morgan fingerprint density at radius 1 is 1.41 bits per heavy atom. The molecule has 0 spiro atoms. The van der Waals surface area contributed by atoms with Crippen LogP contribution in [0.1, 0.15) is 33.1 Å². The Balaban J connectivity index is 2.04. The van der Waals surface area contributed by atoms with Crippen LogP contribution in [0.2, 0.25) is 0 Å². The molecule has 1 atom stereocenters. The van der Waals surface area contributed by atoms with E-state index in [4.69, 9.17) is 0 Å². The molecule has 2 heterocycles. The second-order valence-corrected chi connectivity index (χ2v) is 5.18. The molecule has 1 amide bonds. The number of nitrogens with one attached hydrogen (secondary N) is 1. The van der Waals surface area contributed by atoms with Gasteiger partial charge in [-0.15, -0.1) is 11.3 Å². The highest BCUT2D eigenvalue weighted by Crippen LogP contribution is 2.17. The van der Waals surface area contributed by atoms with Crippen LogP contribution in [0.5, 0.6) is 0 Å². The number of hydrogen-bond acceptors (Lipinski definition) is 3. The quantitative estimate of drug-likeness (QED) is 0.904. The van der Waals surface area contributed by atoms with Crippen molar-refractivity contribution in [2.24, 2.45) is 0 Å². The molecule has 4 heteroatoms. The van der Waals surface area contributed by atoms with E-state index in [1.807, 2.05) is 38.1 Å². The minimum atomic E-state index is -0.0291. The van der Waals surface area contributed by atoms with Crippen molar-refractivity contribution in [1.29, 1.82) is 0 Å². The zero-order chi connectivity index (χ0) is 12.3. The number of pyridine rings is 1. The molecule has 0 aliphatic rings. The van der Waals surface area contributed by atoms with E-state index in [0.29, 0.717) is 0 Å². The van der Waals surface area contributed by atoms with Crippen molar-refractivity contribution >= 4 is 17.2 Å². The minimum absolute atomic E-state index is 0.0283. The molecule has 0 saturated carbocycles. The van der Waals surface area contributed by atoms with Gasteiger partial charge in [-0.1, -0.05) is 6.07 Å². The molecule has 2 rings (SSSR count). The predicted molar refractivity (Wildman–Crippen MR) is 69.2 cm³/mol. The molecule has 88 valence electrons. The first-order valence-electron chi connectivity index (χ1n) is 5.44. The number of aryl methyl sites for hydroxylation is 1. The third kappa shape index (κ3) is 2.91. The van der Waals surface area contributed by atoms with E-state index in [0.717, 1.165) is 15.3 Å². The minimum Gasteiger partial charge on any atom is -0.345 e. The summed E-state index contributed by atoms with van der Waals surface area (Å²) in [6, 6.07) is 7.60. The van der Waals surface area contributed by atoms with Crippen molar-refractivity contribution in [2.45, 2.75) is 19.9 Å². The average Bonchev–Trinajstić information content (AvgIpc) is 2.77. The standard InChI is InChI=1S/C13H14N2OS/c1-9-5-6-12(17-9)13(16)15-10(2)11-4-3-7-14-8-11/h3-8,10H,1-2H3,(H,15,16). The predicted octanol–water partition coefficient (Wildman–Crippen LogP) is 2.94. The molecule has 0 aliphatic heterocycles. The zero-order valence-corrected chi connectivity index (χ0v) is 10.6. The van der Waals surface area contributed by atoms with Crippen LogP contribution in [-0.4, -0.2) is 10.9 Å². The summed E-state index contributed by atoms with van der Waals surface area (Å²) >= 11 is 1.51. The van der Waals surface area contributed by atoms with Crippen LogP contribution in [0, 0.1) is 6.92 Å². The molecular weight excluding hydrogens is 232 g/mol. The molecule has 0 saturated heterocycles. The first kappa shape index (κ1) is 11.8. The number of amides is 1. The van der Waals surface area contributed by atoms with Crippen LogP contribution in [0.3, 0.4) is 0 Å². The van der Waals surface area contributed by atoms with Gasteiger partial charge in [-0.25, -0.2) is 0 Å². The van der Waals surface area contributed by atoms with Gasteiger partial charge in [0.05, 0.1) is 10.9 Å². The number of hydrogen-bond donors (Lipinski definition) is 1. The number of thiophene rings is 1. The molecule has 17 heavy (non-hydrogen) atoms. The van der Waals surface area contributed by atoms with Gasteiger partial charge < -0.3 is 5.32 Å². The van der Waals surface area contributed by atoms with E-state index < -0.39 is 0 Å². The first-order valence-corrected chi connectivity index (χ1v) is 6.25. The molecule has 0 aliphatic carbocycles. The summed E-state index contributed by atoms with van der Waals surface area (Å²) in [5.74, 6) is -0.0283. The van der Waals surface area contributed by atoms with Gasteiger partial charge in [0.1, 0.15) is 0 Å². The van der Waals surface area contributed by atoms with E-state index in [9.17, 15) is 4.79 Å². The lowest BCUT2D eigenvalue weighted by atomic mass is 10.1. The lowest BCUT2D eigenvalue weighted by molar-refractivity contribution is 0.0944. The molecule has 1 N–H and O–H groups in total. The highest BCUT2D eigenvalue weighted by atomic mass is 32.1. The van der Waals surface area contributed by atoms with Crippen molar-refractivity contribution in [3.8, 4) is 0 Å². The van der Waals surface area contributed by atoms with Crippen LogP contribution in [0.25, 0.3) is 0 Å². The lowest BCUT2D eigenvalue weighted by Crippen LogP contribution is -2.25. The molecule has 2 aromatic heterocycles. The molecule has 2 aromatic rings. The third-order valence-corrected chi connectivity index (χ3v) is 3.50. The molecule has 0 radical (unpaired) electrons. The maximum Gasteiger partial charge on any atom is 0.261 e. The van der Waals surface area contributed by atoms with Crippen molar-refractivity contribution in [3.63, 3.8) is 0 Å². The van der Waals surface area contributed by atoms with Crippen LogP contribution in [0.4, 0.5) is 0 Å². The van der Waals surface area contributed by atoms with Gasteiger partial charge in [0.25, 0.3) is 5.91 Å². The third-order valence-electron chi connectivity index (χ3n) is 2.50. The first-order chi connectivity index (χ1) is 8.16. The van der Waals surface area contributed by atoms with Gasteiger partial charge in [-0.2, -0.15) is 0 Å². The van der Waals surface area contributed by atoms with Crippen LogP contribution in [0.15, 0.2) is 36.7 Å². The van der Waals surface area contributed by atoms with Gasteiger partial charge in [0.2, 0.25) is 0 Å². The Morgan fingerprint density at radius 3 is 2.82 bits per heavy atom. The normalized spacial score (nSPS) is 12.1. The number of nitrogens with zero attached hydrogens (tertiary/aromatic N) is 1. The van der Waals surface area contributed by atoms with Gasteiger partial charge in [0.15, 0.2) is 0 Å². The fourth-order valence-corrected chi connectivity index (χ4v) is 2.31. The monoisotopic (exact) mass is 246 g/mol. The second-order valence-electron chi connectivity index (χ2n) is 3.89. The van der Waals surface area contributed by atoms with E-state index in [2.05, 4.69) is 10.3 Å². The Hall–Kier alpha value is -1.68. The summed E-state index contributed by atoms with van der Waals surface area (Å²) in [5.41, 5.74) is 1.01. The van der Waals surface area contributed by atoms with Gasteiger partial charge in [-0.05, 0) is 37.6 Å². The SMILES string of the molecule is Cc1ccc(C(=O)NC(C)c2cccnc2)s1. The van der Waals surface area contributed by atoms with Crippen LogP contribution >= 0.6 is 11.3 Å². The lowest BCUT2D eigenvalue weighted by Gasteiger charge is -2.12. The topological polar surface area (TPSA) is 42.0 Å². The van der Waals surface area contributed by atoms with Crippen molar-refractivity contribution in [1.82, 2.24) is 10.3 Å². The summed E-state index contributed by atoms with van der Waals surface area (Å²) in [5, 5.41) is 2.96. The number of rotatable bonds is 3. The largest absolute Gasteiger partial charge is 0.345 e. The van der Waals surface area contributed by atoms with E-state index >= 15 is 0 Å². The van der Waals surface area contributed by atoms with Crippen LogP contribution in [-0.2, 0) is 0 Å². The van der Waals surface area contributed by atoms with Gasteiger partial charge in [-0.3, -0.25) is 9.78 Å². The number of aromatic nitrogens is 1. The fourth-order valence-electron chi connectivity index (χ4n) is 1.54. The highest BCUT2D eigenvalue weighted by Gasteiger charge is 2.12. The van der Waals surface area contributed by atoms with Crippen molar-refractivity contribution in [3.05, 3.63) is 52.0 Å². The summed E-state index contributed by atoms with van der Waals surface area (Å²) in [4.78, 5) is 17.9. The van der Waals surface area contributed by atoms with Crippen molar-refractivity contribution in [2.75, 3.05) is 0 Å². The summed E-state index contributed by atoms with van der Waals surface area (Å²) in [7, 11) is 0. The maximum absolute atomic E-state index is 11.9. The molecule has 0 aromatic carbocycles. The summed E-state index contributed by atoms with van der Waals surface area (Å²) in [6.45, 7) is 3.95. The van der Waals surface area contributed by atoms with Gasteiger partial charge in [0, 0.05) is 17.3 Å². The average molecular weight is 246 g/mol. The molecule has 0 fully saturated rings. The highest BCUT2D eigenvalue weighted by molar-refractivity contribution is 7.13. The van der Waals surface area contributed by atoms with E-state index in [-0.39, 0.29) is 11.9 Å². The van der Waals surface area contributed by atoms with Gasteiger partial charge >= 0.3 is 0 Å². The Labute approximate surface area is 105 Å². The Morgan fingerprint density at radius 2 is 2.24 bits per heavy atom. The summed E-state index contributed by atoms with van der Waals surface area (Å²) in [6.07, 6.45) is 3.49. The molecular formula is C13H14N2OS. The fraction of sp³-hybridized carbons (Fsp3) is 0.231. The maximum atomic E-state index is 11.9. The van der Waals surface area contributed by atoms with E-state index in [1.165, 1.54) is 11.3 Å². The van der Waals surface area contributed by atoms with E-state index in [1.54, 1.807) is 12.4 Å². The Bertz CT molecular complexity index is 507. The number of carbonyl (C=O) groups is 1. The second kappa shape index (κ2) is 5.10. The number of carbonyl (C=O) groups excluding carboxylic acids is 1. The van der Waals surface area contributed by atoms with Crippen molar-refractivity contribution < 1.29 is 4.79 Å². The molecule has 0 bridgehead atoms. The zero-order valence-electron chi connectivity index (χ0n) is 9.81.